The largest absolute Gasteiger partial charge is 0.380 e. The number of halogens is 1. The lowest BCUT2D eigenvalue weighted by Gasteiger charge is -2.13. The molecule has 0 radical (unpaired) electrons. The van der Waals surface area contributed by atoms with E-state index in [0.29, 0.717) is 36.4 Å². The molecule has 7 heteroatoms. The Kier molecular flexibility index (Phi) is 2.96. The lowest BCUT2D eigenvalue weighted by atomic mass is 10.1. The third-order valence-corrected chi connectivity index (χ3v) is 5.12. The summed E-state index contributed by atoms with van der Waals surface area (Å²) in [5.41, 5.74) is 0.876. The lowest BCUT2D eigenvalue weighted by Crippen LogP contribution is -2.27. The molecule has 2 aliphatic rings. The van der Waals surface area contributed by atoms with E-state index in [9.17, 15) is 9.18 Å². The first-order valence-corrected chi connectivity index (χ1v) is 8.16. The number of aromatic nitrogens is 3. The van der Waals surface area contributed by atoms with Crippen molar-refractivity contribution in [3.8, 4) is 11.3 Å². The van der Waals surface area contributed by atoms with E-state index in [1.165, 1.54) is 12.1 Å². The predicted octanol–water partition coefficient (Wildman–Crippen LogP) is 2.51. The minimum atomic E-state index is -0.410. The number of nitrogens with zero attached hydrogens (tertiary/aromatic N) is 3. The van der Waals surface area contributed by atoms with Gasteiger partial charge < -0.3 is 10.1 Å². The number of anilines is 1. The minimum absolute atomic E-state index is 0.0518. The normalized spacial score (nSPS) is 24.3. The molecule has 1 amide bonds. The summed E-state index contributed by atoms with van der Waals surface area (Å²) < 4.78 is 20.4. The van der Waals surface area contributed by atoms with Crippen LogP contribution in [0.5, 0.6) is 0 Å². The summed E-state index contributed by atoms with van der Waals surface area (Å²) >= 11 is 0. The third-order valence-electron chi connectivity index (χ3n) is 5.12. The van der Waals surface area contributed by atoms with Gasteiger partial charge in [-0.05, 0) is 36.8 Å². The molecular formula is C18H15FN4O2. The van der Waals surface area contributed by atoms with E-state index >= 15 is 0 Å². The maximum atomic E-state index is 13.3. The topological polar surface area (TPSA) is 68.5 Å². The van der Waals surface area contributed by atoms with Crippen molar-refractivity contribution in [3.05, 3.63) is 48.5 Å². The molecule has 25 heavy (non-hydrogen) atoms. The molecule has 6 nitrogen and oxygen atoms in total. The molecule has 0 unspecified atom stereocenters. The van der Waals surface area contributed by atoms with Crippen molar-refractivity contribution in [1.29, 1.82) is 0 Å². The van der Waals surface area contributed by atoms with E-state index < -0.39 is 5.41 Å². The van der Waals surface area contributed by atoms with Crippen molar-refractivity contribution in [3.63, 3.8) is 0 Å². The van der Waals surface area contributed by atoms with E-state index in [2.05, 4.69) is 15.3 Å². The summed E-state index contributed by atoms with van der Waals surface area (Å²) in [6.45, 7) is 1.11. The Labute approximate surface area is 142 Å². The van der Waals surface area contributed by atoms with Gasteiger partial charge in [-0.25, -0.2) is 14.4 Å². The van der Waals surface area contributed by atoms with Crippen LogP contribution in [0, 0.1) is 17.2 Å². The fourth-order valence-electron chi connectivity index (χ4n) is 3.55. The second-order valence-electron chi connectivity index (χ2n) is 6.63. The zero-order valence-corrected chi connectivity index (χ0v) is 13.3. The van der Waals surface area contributed by atoms with Crippen molar-refractivity contribution < 1.29 is 13.9 Å². The number of fused-ring (bicyclic) bond motifs is 2. The Bertz CT molecular complexity index is 984. The highest BCUT2D eigenvalue weighted by Crippen LogP contribution is 2.57. The van der Waals surface area contributed by atoms with E-state index in [1.807, 2.05) is 0 Å². The van der Waals surface area contributed by atoms with Gasteiger partial charge in [-0.15, -0.1) is 0 Å². The van der Waals surface area contributed by atoms with E-state index in [0.717, 1.165) is 12.0 Å². The van der Waals surface area contributed by atoms with Gasteiger partial charge in [-0.1, -0.05) is 0 Å². The van der Waals surface area contributed by atoms with Crippen molar-refractivity contribution in [2.45, 2.75) is 6.42 Å². The maximum absolute atomic E-state index is 13.3. The molecule has 2 aromatic heterocycles. The molecule has 1 saturated heterocycles. The van der Waals surface area contributed by atoms with Crippen LogP contribution < -0.4 is 5.32 Å². The average Bonchev–Trinajstić information content (AvgIpc) is 3.01. The van der Waals surface area contributed by atoms with E-state index in [-0.39, 0.29) is 11.7 Å². The van der Waals surface area contributed by atoms with Crippen LogP contribution in [0.2, 0.25) is 0 Å². The Morgan fingerprint density at radius 2 is 2.20 bits per heavy atom. The van der Waals surface area contributed by atoms with Crippen molar-refractivity contribution in [2.75, 3.05) is 18.5 Å². The number of carbonyl (C=O) groups is 1. The van der Waals surface area contributed by atoms with E-state index in [4.69, 9.17) is 4.74 Å². The van der Waals surface area contributed by atoms with Gasteiger partial charge in [0.05, 0.1) is 18.6 Å². The molecule has 1 aliphatic carbocycles. The first kappa shape index (κ1) is 14.5. The zero-order chi connectivity index (χ0) is 17.0. The molecule has 1 aliphatic heterocycles. The van der Waals surface area contributed by atoms with Gasteiger partial charge >= 0.3 is 0 Å². The SMILES string of the molecule is O=C(Nc1c(-c2ccc(F)cc2)nc2ncccn12)[C@@]12COC[C@@H]1C2. The van der Waals surface area contributed by atoms with Gasteiger partial charge in [0.1, 0.15) is 17.3 Å². The Balaban J connectivity index is 1.59. The van der Waals surface area contributed by atoms with Gasteiger partial charge in [-0.3, -0.25) is 9.20 Å². The predicted molar refractivity (Wildman–Crippen MR) is 88.4 cm³/mol. The molecule has 126 valence electrons. The fourth-order valence-corrected chi connectivity index (χ4v) is 3.55. The molecule has 5 rings (SSSR count). The Morgan fingerprint density at radius 3 is 2.92 bits per heavy atom. The molecule has 2 fully saturated rings. The summed E-state index contributed by atoms with van der Waals surface area (Å²) in [5.74, 6) is 0.957. The number of imidazole rings is 1. The van der Waals surface area contributed by atoms with E-state index in [1.54, 1.807) is 35.0 Å². The fraction of sp³-hybridized carbons (Fsp3) is 0.278. The first-order chi connectivity index (χ1) is 12.2. The second kappa shape index (κ2) is 5.10. The molecule has 1 saturated carbocycles. The van der Waals surface area contributed by atoms with Crippen molar-refractivity contribution in [1.82, 2.24) is 14.4 Å². The zero-order valence-electron chi connectivity index (χ0n) is 13.3. The number of ether oxygens (including phenoxy) is 1. The highest BCUT2D eigenvalue weighted by atomic mass is 19.1. The van der Waals surface area contributed by atoms with Gasteiger partial charge in [0.25, 0.3) is 0 Å². The van der Waals surface area contributed by atoms with Crippen LogP contribution in [-0.2, 0) is 9.53 Å². The average molecular weight is 338 g/mol. The molecule has 1 N–H and O–H groups in total. The van der Waals surface area contributed by atoms with Crippen LogP contribution in [0.4, 0.5) is 10.2 Å². The van der Waals surface area contributed by atoms with Crippen molar-refractivity contribution in [2.24, 2.45) is 11.3 Å². The summed E-state index contributed by atoms with van der Waals surface area (Å²) in [7, 11) is 0. The molecule has 0 spiro atoms. The van der Waals surface area contributed by atoms with Crippen LogP contribution >= 0.6 is 0 Å². The van der Waals surface area contributed by atoms with Crippen LogP contribution in [0.1, 0.15) is 6.42 Å². The quantitative estimate of drug-likeness (QED) is 0.797. The highest BCUT2D eigenvalue weighted by Gasteiger charge is 2.63. The first-order valence-electron chi connectivity index (χ1n) is 8.16. The molecule has 3 aromatic rings. The van der Waals surface area contributed by atoms with Crippen LogP contribution in [0.25, 0.3) is 17.0 Å². The van der Waals surface area contributed by atoms with Crippen LogP contribution in [0.3, 0.4) is 0 Å². The number of hydrogen-bond acceptors (Lipinski definition) is 4. The number of nitrogens with one attached hydrogen (secondary N) is 1. The summed E-state index contributed by atoms with van der Waals surface area (Å²) in [5, 5.41) is 3.02. The van der Waals surface area contributed by atoms with Crippen LogP contribution in [-0.4, -0.2) is 33.5 Å². The monoisotopic (exact) mass is 338 g/mol. The number of amides is 1. The lowest BCUT2D eigenvalue weighted by molar-refractivity contribution is -0.121. The number of carbonyl (C=O) groups excluding carboxylic acids is 1. The van der Waals surface area contributed by atoms with Crippen molar-refractivity contribution >= 4 is 17.5 Å². The molecule has 2 atom stereocenters. The van der Waals surface area contributed by atoms with Crippen LogP contribution in [0.15, 0.2) is 42.7 Å². The van der Waals surface area contributed by atoms with Gasteiger partial charge in [0, 0.05) is 23.9 Å². The minimum Gasteiger partial charge on any atom is -0.380 e. The Morgan fingerprint density at radius 1 is 1.36 bits per heavy atom. The summed E-state index contributed by atoms with van der Waals surface area (Å²) in [6.07, 6.45) is 4.30. The van der Waals surface area contributed by atoms with Gasteiger partial charge in [-0.2, -0.15) is 0 Å². The maximum Gasteiger partial charge on any atom is 0.235 e. The Hall–Kier alpha value is -2.80. The standard InChI is InChI=1S/C18H15FN4O2/c19-13-4-2-11(3-5-13)14-15(23-7-1-6-20-17(23)21-14)22-16(24)18-8-12(18)9-25-10-18/h1-7,12H,8-10H2,(H,22,24)/t12-,18-/m0/s1. The third kappa shape index (κ3) is 2.16. The molecule has 0 bridgehead atoms. The molecule has 3 heterocycles. The van der Waals surface area contributed by atoms with Gasteiger partial charge in [0.2, 0.25) is 11.7 Å². The number of benzene rings is 1. The number of hydrogen-bond donors (Lipinski definition) is 1. The van der Waals surface area contributed by atoms with Gasteiger partial charge in [0.15, 0.2) is 0 Å². The second-order valence-corrected chi connectivity index (χ2v) is 6.63. The molecular weight excluding hydrogens is 323 g/mol. The highest BCUT2D eigenvalue weighted by molar-refractivity contribution is 6.00. The number of rotatable bonds is 3. The smallest absolute Gasteiger partial charge is 0.235 e. The summed E-state index contributed by atoms with van der Waals surface area (Å²) in [6, 6.07) is 7.81. The molecule has 1 aromatic carbocycles. The summed E-state index contributed by atoms with van der Waals surface area (Å²) in [4.78, 5) is 21.6.